The summed E-state index contributed by atoms with van der Waals surface area (Å²) in [5, 5.41) is 0.335. The fraction of sp³-hybridized carbons (Fsp3) is 0.308. The van der Waals surface area contributed by atoms with Crippen LogP contribution in [0.25, 0.3) is 10.9 Å². The van der Waals surface area contributed by atoms with E-state index >= 15 is 0 Å². The zero-order valence-electron chi connectivity index (χ0n) is 9.87. The molecule has 0 radical (unpaired) electrons. The van der Waals surface area contributed by atoms with Crippen LogP contribution in [0.2, 0.25) is 0 Å². The van der Waals surface area contributed by atoms with Crippen molar-refractivity contribution in [2.75, 3.05) is 5.73 Å². The van der Waals surface area contributed by atoms with Crippen molar-refractivity contribution in [3.8, 4) is 0 Å². The summed E-state index contributed by atoms with van der Waals surface area (Å²) in [5.74, 6) is -0.763. The molecule has 6 heteroatoms. The monoisotopic (exact) mass is 268 g/mol. The normalized spacial score (nSPS) is 15.9. The molecule has 0 aliphatic heterocycles. The summed E-state index contributed by atoms with van der Waals surface area (Å²) in [7, 11) is 0. The van der Waals surface area contributed by atoms with E-state index in [9.17, 15) is 18.0 Å². The molecule has 1 saturated carbocycles. The Balaban J connectivity index is 2.28. The molecular formula is C13H11F3N2O. The number of carbonyl (C=O) groups excluding carboxylic acids is 1. The number of alkyl halides is 3. The Bertz CT molecular complexity index is 668. The highest BCUT2D eigenvalue weighted by Gasteiger charge is 2.40. The van der Waals surface area contributed by atoms with Gasteiger partial charge in [0.25, 0.3) is 0 Å². The number of hydrogen-bond donors (Lipinski definition) is 1. The first-order valence-electron chi connectivity index (χ1n) is 5.90. The summed E-state index contributed by atoms with van der Waals surface area (Å²) in [6.07, 6.45) is -3.24. The van der Waals surface area contributed by atoms with E-state index in [4.69, 9.17) is 5.73 Å². The number of nitrogens with zero attached hydrogens (tertiary/aromatic N) is 1. The topological polar surface area (TPSA) is 48.0 Å². The maximum Gasteiger partial charge on any atom is 0.431 e. The zero-order valence-corrected chi connectivity index (χ0v) is 9.87. The van der Waals surface area contributed by atoms with Crippen LogP contribution in [0.15, 0.2) is 24.3 Å². The molecule has 0 spiro atoms. The van der Waals surface area contributed by atoms with Crippen LogP contribution in [0, 0.1) is 5.92 Å². The molecule has 1 fully saturated rings. The van der Waals surface area contributed by atoms with Crippen molar-refractivity contribution in [2.24, 2.45) is 5.92 Å². The van der Waals surface area contributed by atoms with Gasteiger partial charge in [-0.25, -0.2) is 0 Å². The smallest absolute Gasteiger partial charge is 0.399 e. The predicted octanol–water partition coefficient (Wildman–Crippen LogP) is 3.29. The van der Waals surface area contributed by atoms with Gasteiger partial charge < -0.3 is 5.73 Å². The van der Waals surface area contributed by atoms with Crippen molar-refractivity contribution in [1.29, 1.82) is 0 Å². The van der Waals surface area contributed by atoms with Crippen LogP contribution in [0.5, 0.6) is 0 Å². The standard InChI is InChI=1S/C13H11F3N2O/c14-13(15,16)11-6-8-5-9(17)3-4-10(8)18(11)12(19)7-1-2-7/h3-7H,1-2,17H2. The third-order valence-corrected chi connectivity index (χ3v) is 3.26. The van der Waals surface area contributed by atoms with Crippen molar-refractivity contribution in [1.82, 2.24) is 4.57 Å². The Labute approximate surface area is 106 Å². The van der Waals surface area contributed by atoms with E-state index in [2.05, 4.69) is 0 Å². The van der Waals surface area contributed by atoms with Crippen molar-refractivity contribution < 1.29 is 18.0 Å². The van der Waals surface area contributed by atoms with Gasteiger partial charge in [-0.15, -0.1) is 0 Å². The second-order valence-corrected chi connectivity index (χ2v) is 4.79. The molecule has 19 heavy (non-hydrogen) atoms. The van der Waals surface area contributed by atoms with Gasteiger partial charge >= 0.3 is 6.18 Å². The van der Waals surface area contributed by atoms with E-state index < -0.39 is 17.8 Å². The van der Waals surface area contributed by atoms with Crippen LogP contribution in [-0.4, -0.2) is 10.5 Å². The van der Waals surface area contributed by atoms with Gasteiger partial charge in [-0.2, -0.15) is 13.2 Å². The van der Waals surface area contributed by atoms with Crippen molar-refractivity contribution in [3.05, 3.63) is 30.0 Å². The fourth-order valence-electron chi connectivity index (χ4n) is 2.19. The second kappa shape index (κ2) is 3.76. The van der Waals surface area contributed by atoms with Gasteiger partial charge in [0.15, 0.2) is 0 Å². The Morgan fingerprint density at radius 2 is 1.95 bits per heavy atom. The second-order valence-electron chi connectivity index (χ2n) is 4.79. The number of aromatic nitrogens is 1. The van der Waals surface area contributed by atoms with E-state index in [1.165, 1.54) is 18.2 Å². The molecule has 3 rings (SSSR count). The SMILES string of the molecule is Nc1ccc2c(c1)cc(C(F)(F)F)n2C(=O)C1CC1. The van der Waals surface area contributed by atoms with E-state index in [1.807, 2.05) is 0 Å². The van der Waals surface area contributed by atoms with E-state index in [0.717, 1.165) is 10.6 Å². The molecule has 2 aromatic rings. The Morgan fingerprint density at radius 1 is 1.26 bits per heavy atom. The molecule has 1 heterocycles. The summed E-state index contributed by atoms with van der Waals surface area (Å²) < 4.78 is 39.9. The fourth-order valence-corrected chi connectivity index (χ4v) is 2.19. The Hall–Kier alpha value is -1.98. The highest BCUT2D eigenvalue weighted by atomic mass is 19.4. The number of anilines is 1. The number of nitrogens with two attached hydrogens (primary N) is 1. The van der Waals surface area contributed by atoms with E-state index in [0.29, 0.717) is 23.9 Å². The Kier molecular flexibility index (Phi) is 2.39. The quantitative estimate of drug-likeness (QED) is 0.807. The number of fused-ring (bicyclic) bond motifs is 1. The van der Waals surface area contributed by atoms with Gasteiger partial charge in [0.2, 0.25) is 5.91 Å². The molecule has 1 aliphatic rings. The highest BCUT2D eigenvalue weighted by Crippen LogP contribution is 2.38. The molecule has 0 amide bonds. The number of rotatable bonds is 1. The largest absolute Gasteiger partial charge is 0.431 e. The minimum absolute atomic E-state index is 0.262. The number of benzene rings is 1. The third kappa shape index (κ3) is 1.97. The number of halogens is 3. The van der Waals surface area contributed by atoms with Crippen molar-refractivity contribution in [3.63, 3.8) is 0 Å². The lowest BCUT2D eigenvalue weighted by Gasteiger charge is -2.11. The molecule has 2 N–H and O–H groups in total. The van der Waals surface area contributed by atoms with Gasteiger partial charge in [0.05, 0.1) is 5.52 Å². The first-order chi connectivity index (χ1) is 8.88. The maximum atomic E-state index is 13.0. The molecule has 3 nitrogen and oxygen atoms in total. The molecular weight excluding hydrogens is 257 g/mol. The average Bonchev–Trinajstić information content (AvgIpc) is 3.07. The zero-order chi connectivity index (χ0) is 13.8. The number of hydrogen-bond acceptors (Lipinski definition) is 2. The summed E-state index contributed by atoms with van der Waals surface area (Å²) in [5.41, 5.74) is 5.27. The Morgan fingerprint density at radius 3 is 2.53 bits per heavy atom. The van der Waals surface area contributed by atoms with Gasteiger partial charge in [0.1, 0.15) is 5.69 Å². The number of nitrogen functional groups attached to an aromatic ring is 1. The van der Waals surface area contributed by atoms with Crippen LogP contribution in [-0.2, 0) is 6.18 Å². The first kappa shape index (κ1) is 12.1. The van der Waals surface area contributed by atoms with Crippen molar-refractivity contribution in [2.45, 2.75) is 19.0 Å². The van der Waals surface area contributed by atoms with Gasteiger partial charge in [-0.3, -0.25) is 9.36 Å². The van der Waals surface area contributed by atoms with Crippen LogP contribution >= 0.6 is 0 Å². The summed E-state index contributed by atoms with van der Waals surface area (Å²) >= 11 is 0. The highest BCUT2D eigenvalue weighted by molar-refractivity contribution is 5.96. The molecule has 1 aromatic heterocycles. The summed E-state index contributed by atoms with van der Waals surface area (Å²) in [4.78, 5) is 12.1. The van der Waals surface area contributed by atoms with E-state index in [-0.39, 0.29) is 11.4 Å². The van der Waals surface area contributed by atoms with Crippen LogP contribution in [0.3, 0.4) is 0 Å². The lowest BCUT2D eigenvalue weighted by molar-refractivity contribution is -0.142. The van der Waals surface area contributed by atoms with Gasteiger partial charge in [0, 0.05) is 17.0 Å². The van der Waals surface area contributed by atoms with E-state index in [1.54, 1.807) is 0 Å². The lowest BCUT2D eigenvalue weighted by Crippen LogP contribution is -2.20. The minimum Gasteiger partial charge on any atom is -0.399 e. The summed E-state index contributed by atoms with van der Waals surface area (Å²) in [6.45, 7) is 0. The summed E-state index contributed by atoms with van der Waals surface area (Å²) in [6, 6.07) is 5.38. The maximum absolute atomic E-state index is 13.0. The molecule has 0 unspecified atom stereocenters. The minimum atomic E-state index is -4.56. The third-order valence-electron chi connectivity index (χ3n) is 3.26. The van der Waals surface area contributed by atoms with Gasteiger partial charge in [-0.1, -0.05) is 0 Å². The van der Waals surface area contributed by atoms with Crippen molar-refractivity contribution >= 4 is 22.5 Å². The molecule has 1 aliphatic carbocycles. The molecule has 0 atom stereocenters. The van der Waals surface area contributed by atoms with Crippen LogP contribution in [0.1, 0.15) is 23.3 Å². The average molecular weight is 268 g/mol. The lowest BCUT2D eigenvalue weighted by atomic mass is 10.2. The van der Waals surface area contributed by atoms with Crippen LogP contribution in [0.4, 0.5) is 18.9 Å². The van der Waals surface area contributed by atoms with Gasteiger partial charge in [-0.05, 0) is 37.1 Å². The molecule has 0 bridgehead atoms. The molecule has 1 aromatic carbocycles. The van der Waals surface area contributed by atoms with Crippen LogP contribution < -0.4 is 5.73 Å². The predicted molar refractivity (Wildman–Crippen MR) is 64.7 cm³/mol. The first-order valence-corrected chi connectivity index (χ1v) is 5.90. The molecule has 0 saturated heterocycles. The molecule has 100 valence electrons. The number of carbonyl (C=O) groups is 1.